The second kappa shape index (κ2) is 5.23. The number of hydrogen-bond acceptors (Lipinski definition) is 6. The Bertz CT molecular complexity index is 762. The molecule has 2 aromatic heterocycles. The van der Waals surface area contributed by atoms with Gasteiger partial charge < -0.3 is 15.0 Å². The number of hydrogen-bond donors (Lipinski definition) is 1. The third-order valence-electron chi connectivity index (χ3n) is 3.26. The Kier molecular flexibility index (Phi) is 3.40. The van der Waals surface area contributed by atoms with Gasteiger partial charge in [-0.1, -0.05) is 23.4 Å². The van der Waals surface area contributed by atoms with E-state index >= 15 is 0 Å². The van der Waals surface area contributed by atoms with E-state index in [4.69, 9.17) is 15.0 Å². The lowest BCUT2D eigenvalue weighted by atomic mass is 10.1. The van der Waals surface area contributed by atoms with Crippen molar-refractivity contribution in [1.82, 2.24) is 15.1 Å². The van der Waals surface area contributed by atoms with Gasteiger partial charge in [0, 0.05) is 18.7 Å². The van der Waals surface area contributed by atoms with E-state index in [0.717, 1.165) is 16.5 Å². The van der Waals surface area contributed by atoms with Gasteiger partial charge in [0.2, 0.25) is 0 Å². The third-order valence-corrected chi connectivity index (χ3v) is 3.26. The van der Waals surface area contributed by atoms with E-state index in [0.29, 0.717) is 18.3 Å². The molecule has 6 nitrogen and oxygen atoms in total. The molecule has 21 heavy (non-hydrogen) atoms. The summed E-state index contributed by atoms with van der Waals surface area (Å²) in [5.41, 5.74) is 7.06. The van der Waals surface area contributed by atoms with Gasteiger partial charge in [0.25, 0.3) is 5.89 Å². The van der Waals surface area contributed by atoms with Crippen molar-refractivity contribution < 1.29 is 9.26 Å². The molecule has 0 amide bonds. The van der Waals surface area contributed by atoms with Crippen molar-refractivity contribution in [3.63, 3.8) is 0 Å². The van der Waals surface area contributed by atoms with Crippen molar-refractivity contribution in [2.24, 2.45) is 5.73 Å². The first-order valence-electron chi connectivity index (χ1n) is 6.58. The van der Waals surface area contributed by atoms with Gasteiger partial charge in [0.15, 0.2) is 5.82 Å². The van der Waals surface area contributed by atoms with Gasteiger partial charge in [-0.3, -0.25) is 4.98 Å². The molecule has 0 saturated heterocycles. The number of rotatable bonds is 4. The molecule has 6 heteroatoms. The highest BCUT2D eigenvalue weighted by Crippen LogP contribution is 2.27. The largest absolute Gasteiger partial charge is 0.382 e. The molecule has 3 rings (SSSR count). The number of fused-ring (bicyclic) bond motifs is 1. The lowest BCUT2D eigenvalue weighted by molar-refractivity contribution is 0.135. The van der Waals surface area contributed by atoms with Crippen LogP contribution in [0.15, 0.2) is 41.1 Å². The molecule has 0 aliphatic carbocycles. The Balaban J connectivity index is 2.07. The second-order valence-corrected chi connectivity index (χ2v) is 5.15. The fourth-order valence-corrected chi connectivity index (χ4v) is 2.21. The normalized spacial score (nSPS) is 14.2. The summed E-state index contributed by atoms with van der Waals surface area (Å²) in [4.78, 5) is 8.73. The summed E-state index contributed by atoms with van der Waals surface area (Å²) in [6.07, 6.45) is 1.72. The van der Waals surface area contributed by atoms with Crippen molar-refractivity contribution in [2.45, 2.75) is 12.5 Å². The predicted octanol–water partition coefficient (Wildman–Crippen LogP) is 2.11. The van der Waals surface area contributed by atoms with E-state index in [1.165, 1.54) is 0 Å². The number of aromatic nitrogens is 3. The number of nitrogens with two attached hydrogens (primary N) is 1. The Morgan fingerprint density at radius 3 is 2.90 bits per heavy atom. The molecule has 1 aromatic carbocycles. The summed E-state index contributed by atoms with van der Waals surface area (Å²) in [5, 5.41) is 4.94. The molecule has 2 N–H and O–H groups in total. The molecule has 108 valence electrons. The minimum absolute atomic E-state index is 0.309. The van der Waals surface area contributed by atoms with Crippen molar-refractivity contribution in [3.05, 3.63) is 42.4 Å². The summed E-state index contributed by atoms with van der Waals surface area (Å²) in [5.74, 6) is 0.844. The van der Waals surface area contributed by atoms with Gasteiger partial charge >= 0.3 is 0 Å². The van der Waals surface area contributed by atoms with Gasteiger partial charge in [0.05, 0.1) is 17.7 Å². The van der Waals surface area contributed by atoms with Crippen LogP contribution in [0.25, 0.3) is 22.4 Å². The molecule has 1 atom stereocenters. The second-order valence-electron chi connectivity index (χ2n) is 5.15. The smallest absolute Gasteiger partial charge is 0.258 e. The lowest BCUT2D eigenvalue weighted by Gasteiger charge is -2.18. The van der Waals surface area contributed by atoms with Crippen LogP contribution in [0.1, 0.15) is 12.7 Å². The van der Waals surface area contributed by atoms with Crippen LogP contribution in [0.4, 0.5) is 0 Å². The van der Waals surface area contributed by atoms with E-state index in [2.05, 4.69) is 15.1 Å². The Morgan fingerprint density at radius 2 is 2.10 bits per heavy atom. The predicted molar refractivity (Wildman–Crippen MR) is 78.5 cm³/mol. The summed E-state index contributed by atoms with van der Waals surface area (Å²) < 4.78 is 10.5. The maximum absolute atomic E-state index is 6.13. The average molecular weight is 284 g/mol. The maximum Gasteiger partial charge on any atom is 0.258 e. The monoisotopic (exact) mass is 284 g/mol. The van der Waals surface area contributed by atoms with E-state index < -0.39 is 5.54 Å². The molecule has 2 heterocycles. The van der Waals surface area contributed by atoms with E-state index in [9.17, 15) is 0 Å². The van der Waals surface area contributed by atoms with Crippen LogP contribution in [0.2, 0.25) is 0 Å². The first kappa shape index (κ1) is 13.7. The summed E-state index contributed by atoms with van der Waals surface area (Å²) in [7, 11) is 1.59. The first-order chi connectivity index (χ1) is 10.1. The SMILES string of the molecule is COCC(C)(N)c1noc(-c2ccnc3ccccc23)n1. The van der Waals surface area contributed by atoms with Gasteiger partial charge in [-0.2, -0.15) is 4.98 Å². The van der Waals surface area contributed by atoms with Crippen LogP contribution in [-0.2, 0) is 10.3 Å². The maximum atomic E-state index is 6.13. The third kappa shape index (κ3) is 2.51. The minimum atomic E-state index is -0.792. The molecule has 0 aliphatic heterocycles. The molecule has 0 bridgehead atoms. The summed E-state index contributed by atoms with van der Waals surface area (Å²) in [6, 6.07) is 9.65. The number of pyridine rings is 1. The fourth-order valence-electron chi connectivity index (χ4n) is 2.21. The number of nitrogens with zero attached hydrogens (tertiary/aromatic N) is 3. The van der Waals surface area contributed by atoms with Gasteiger partial charge in [-0.15, -0.1) is 0 Å². The standard InChI is InChI=1S/C15H16N4O2/c1-15(16,9-20-2)14-18-13(21-19-14)11-7-8-17-12-6-4-3-5-10(11)12/h3-8H,9,16H2,1-2H3. The Morgan fingerprint density at radius 1 is 1.29 bits per heavy atom. The Labute approximate surface area is 121 Å². The van der Waals surface area contributed by atoms with Crippen LogP contribution in [0.3, 0.4) is 0 Å². The number of ether oxygens (including phenoxy) is 1. The molecule has 0 aliphatic rings. The highest BCUT2D eigenvalue weighted by Gasteiger charge is 2.28. The van der Waals surface area contributed by atoms with Crippen molar-refractivity contribution in [2.75, 3.05) is 13.7 Å². The number of methoxy groups -OCH3 is 1. The van der Waals surface area contributed by atoms with Crippen LogP contribution in [-0.4, -0.2) is 28.8 Å². The van der Waals surface area contributed by atoms with Gasteiger partial charge in [0.1, 0.15) is 5.54 Å². The van der Waals surface area contributed by atoms with Crippen molar-refractivity contribution in [3.8, 4) is 11.5 Å². The van der Waals surface area contributed by atoms with Gasteiger partial charge in [-0.05, 0) is 19.1 Å². The number of benzene rings is 1. The molecule has 1 unspecified atom stereocenters. The molecular formula is C15H16N4O2. The average Bonchev–Trinajstić information content (AvgIpc) is 2.97. The van der Waals surface area contributed by atoms with Crippen molar-refractivity contribution in [1.29, 1.82) is 0 Å². The van der Waals surface area contributed by atoms with E-state index in [1.807, 2.05) is 30.3 Å². The number of para-hydroxylation sites is 1. The highest BCUT2D eigenvalue weighted by molar-refractivity contribution is 5.91. The molecule has 3 aromatic rings. The topological polar surface area (TPSA) is 87.1 Å². The van der Waals surface area contributed by atoms with E-state index in [-0.39, 0.29) is 0 Å². The van der Waals surface area contributed by atoms with Crippen LogP contribution < -0.4 is 5.73 Å². The molecule has 0 saturated carbocycles. The molecular weight excluding hydrogens is 268 g/mol. The van der Waals surface area contributed by atoms with Gasteiger partial charge in [-0.25, -0.2) is 0 Å². The van der Waals surface area contributed by atoms with Crippen LogP contribution in [0.5, 0.6) is 0 Å². The molecule has 0 fully saturated rings. The molecule has 0 radical (unpaired) electrons. The van der Waals surface area contributed by atoms with Crippen molar-refractivity contribution >= 4 is 10.9 Å². The Hall–Kier alpha value is -2.31. The fraction of sp³-hybridized carbons (Fsp3) is 0.267. The van der Waals surface area contributed by atoms with Crippen LogP contribution >= 0.6 is 0 Å². The summed E-state index contributed by atoms with van der Waals surface area (Å²) >= 11 is 0. The zero-order valence-corrected chi connectivity index (χ0v) is 11.9. The molecule has 0 spiro atoms. The summed E-state index contributed by atoms with van der Waals surface area (Å²) in [6.45, 7) is 2.11. The van der Waals surface area contributed by atoms with Crippen LogP contribution in [0, 0.1) is 0 Å². The zero-order valence-electron chi connectivity index (χ0n) is 11.9. The highest BCUT2D eigenvalue weighted by atomic mass is 16.5. The first-order valence-corrected chi connectivity index (χ1v) is 6.58. The quantitative estimate of drug-likeness (QED) is 0.789. The minimum Gasteiger partial charge on any atom is -0.382 e. The lowest BCUT2D eigenvalue weighted by Crippen LogP contribution is -2.38. The zero-order chi connectivity index (χ0) is 14.9. The van der Waals surface area contributed by atoms with E-state index in [1.54, 1.807) is 20.2 Å².